The van der Waals surface area contributed by atoms with Crippen molar-refractivity contribution in [2.75, 3.05) is 5.32 Å². The highest BCUT2D eigenvalue weighted by Gasteiger charge is 2.08. The Balaban J connectivity index is 1.77. The van der Waals surface area contributed by atoms with Gasteiger partial charge in [-0.25, -0.2) is 14.4 Å². The van der Waals surface area contributed by atoms with Gasteiger partial charge in [0, 0.05) is 17.8 Å². The molecule has 0 atom stereocenters. The van der Waals surface area contributed by atoms with Crippen LogP contribution in [0, 0.1) is 5.82 Å². The van der Waals surface area contributed by atoms with Gasteiger partial charge in [0.05, 0.1) is 11.2 Å². The maximum absolute atomic E-state index is 13.8. The number of para-hydroxylation sites is 1. The lowest BCUT2D eigenvalue weighted by atomic mass is 10.1. The second-order valence-corrected chi connectivity index (χ2v) is 5.29. The van der Waals surface area contributed by atoms with Crippen LogP contribution in [0.25, 0.3) is 22.0 Å². The Kier molecular flexibility index (Phi) is 3.59. The first-order chi connectivity index (χ1) is 11.8. The molecule has 2 aromatic heterocycles. The number of pyridine rings is 1. The van der Waals surface area contributed by atoms with Crippen LogP contribution in [0.2, 0.25) is 0 Å². The Morgan fingerprint density at radius 3 is 2.50 bits per heavy atom. The smallest absolute Gasteiger partial charge is 0.146 e. The molecular weight excluding hydrogens is 303 g/mol. The Labute approximate surface area is 138 Å². The van der Waals surface area contributed by atoms with E-state index in [0.717, 1.165) is 22.0 Å². The number of hydrogen-bond acceptors (Lipinski definition) is 4. The number of aromatic nitrogens is 3. The molecule has 0 bridgehead atoms. The second kappa shape index (κ2) is 6.04. The van der Waals surface area contributed by atoms with Crippen LogP contribution in [-0.4, -0.2) is 15.0 Å². The highest BCUT2D eigenvalue weighted by atomic mass is 19.1. The molecule has 4 rings (SSSR count). The third-order valence-electron chi connectivity index (χ3n) is 3.78. The van der Waals surface area contributed by atoms with Gasteiger partial charge in [-0.2, -0.15) is 0 Å². The molecule has 0 fully saturated rings. The van der Waals surface area contributed by atoms with Gasteiger partial charge in [-0.1, -0.05) is 18.2 Å². The predicted molar refractivity (Wildman–Crippen MR) is 92.5 cm³/mol. The van der Waals surface area contributed by atoms with Crippen molar-refractivity contribution in [1.82, 2.24) is 15.0 Å². The molecule has 116 valence electrons. The van der Waals surface area contributed by atoms with Crippen LogP contribution in [0.4, 0.5) is 15.9 Å². The summed E-state index contributed by atoms with van der Waals surface area (Å²) < 4.78 is 13.8. The summed E-state index contributed by atoms with van der Waals surface area (Å²) in [5.74, 6) is 0.254. The van der Waals surface area contributed by atoms with Gasteiger partial charge >= 0.3 is 0 Å². The summed E-state index contributed by atoms with van der Waals surface area (Å²) in [4.78, 5) is 12.6. The fourth-order valence-corrected chi connectivity index (χ4v) is 2.57. The molecule has 0 aliphatic heterocycles. The van der Waals surface area contributed by atoms with Gasteiger partial charge < -0.3 is 5.32 Å². The third-order valence-corrected chi connectivity index (χ3v) is 3.78. The molecule has 0 aliphatic carbocycles. The van der Waals surface area contributed by atoms with Gasteiger partial charge in [-0.3, -0.25) is 4.98 Å². The number of nitrogens with zero attached hydrogens (tertiary/aromatic N) is 3. The van der Waals surface area contributed by atoms with E-state index in [-0.39, 0.29) is 5.82 Å². The van der Waals surface area contributed by atoms with Crippen LogP contribution >= 0.6 is 0 Å². The van der Waals surface area contributed by atoms with Gasteiger partial charge in [0.15, 0.2) is 0 Å². The summed E-state index contributed by atoms with van der Waals surface area (Å²) in [6, 6.07) is 16.3. The first-order valence-electron chi connectivity index (χ1n) is 7.48. The molecule has 0 amide bonds. The van der Waals surface area contributed by atoms with Crippen molar-refractivity contribution >= 4 is 22.4 Å². The molecule has 2 heterocycles. The number of halogens is 1. The van der Waals surface area contributed by atoms with Crippen LogP contribution in [0.5, 0.6) is 0 Å². The van der Waals surface area contributed by atoms with E-state index in [0.29, 0.717) is 11.5 Å². The van der Waals surface area contributed by atoms with Crippen LogP contribution < -0.4 is 5.32 Å². The van der Waals surface area contributed by atoms with Gasteiger partial charge in [0.1, 0.15) is 18.0 Å². The van der Waals surface area contributed by atoms with Gasteiger partial charge in [-0.15, -0.1) is 0 Å². The average molecular weight is 316 g/mol. The van der Waals surface area contributed by atoms with E-state index in [4.69, 9.17) is 0 Å². The SMILES string of the molecule is Fc1ccccc1Nc1ncnc2cc(-c3ccncc3)ccc12. The number of rotatable bonds is 3. The number of anilines is 2. The van der Waals surface area contributed by atoms with E-state index < -0.39 is 0 Å². The summed E-state index contributed by atoms with van der Waals surface area (Å²) in [6.07, 6.45) is 4.98. The number of fused-ring (bicyclic) bond motifs is 1. The summed E-state index contributed by atoms with van der Waals surface area (Å²) in [6.45, 7) is 0. The zero-order valence-corrected chi connectivity index (χ0v) is 12.6. The second-order valence-electron chi connectivity index (χ2n) is 5.29. The van der Waals surface area contributed by atoms with E-state index in [1.807, 2.05) is 30.3 Å². The fourth-order valence-electron chi connectivity index (χ4n) is 2.57. The van der Waals surface area contributed by atoms with Crippen molar-refractivity contribution < 1.29 is 4.39 Å². The molecule has 4 nitrogen and oxygen atoms in total. The number of hydrogen-bond donors (Lipinski definition) is 1. The van der Waals surface area contributed by atoms with Gasteiger partial charge in [0.2, 0.25) is 0 Å². The molecule has 0 radical (unpaired) electrons. The molecule has 0 spiro atoms. The number of nitrogens with one attached hydrogen (secondary N) is 1. The van der Waals surface area contributed by atoms with Crippen molar-refractivity contribution in [2.45, 2.75) is 0 Å². The quantitative estimate of drug-likeness (QED) is 0.601. The molecule has 0 aliphatic rings. The monoisotopic (exact) mass is 316 g/mol. The normalized spacial score (nSPS) is 10.7. The van der Waals surface area contributed by atoms with E-state index in [1.54, 1.807) is 30.6 Å². The molecular formula is C19H13FN4. The van der Waals surface area contributed by atoms with Crippen molar-refractivity contribution in [3.8, 4) is 11.1 Å². The Morgan fingerprint density at radius 1 is 0.833 bits per heavy atom. The van der Waals surface area contributed by atoms with Crippen LogP contribution in [0.15, 0.2) is 73.3 Å². The van der Waals surface area contributed by atoms with E-state index >= 15 is 0 Å². The lowest BCUT2D eigenvalue weighted by Crippen LogP contribution is -1.98. The first kappa shape index (κ1) is 14.3. The van der Waals surface area contributed by atoms with Crippen molar-refractivity contribution in [1.29, 1.82) is 0 Å². The fraction of sp³-hybridized carbons (Fsp3) is 0. The van der Waals surface area contributed by atoms with Crippen LogP contribution in [0.3, 0.4) is 0 Å². The van der Waals surface area contributed by atoms with Crippen LogP contribution in [-0.2, 0) is 0 Å². The summed E-state index contributed by atoms with van der Waals surface area (Å²) in [7, 11) is 0. The maximum atomic E-state index is 13.8. The third kappa shape index (κ3) is 2.67. The Hall–Kier alpha value is -3.34. The Bertz CT molecular complexity index is 1000. The highest BCUT2D eigenvalue weighted by Crippen LogP contribution is 2.28. The van der Waals surface area contributed by atoms with Crippen molar-refractivity contribution in [3.63, 3.8) is 0 Å². The summed E-state index contributed by atoms with van der Waals surface area (Å²) in [5.41, 5.74) is 3.28. The minimum Gasteiger partial charge on any atom is -0.337 e. The summed E-state index contributed by atoms with van der Waals surface area (Å²) in [5, 5.41) is 3.87. The van der Waals surface area contributed by atoms with Gasteiger partial charge in [-0.05, 0) is 47.5 Å². The number of benzene rings is 2. The highest BCUT2D eigenvalue weighted by molar-refractivity contribution is 5.93. The lowest BCUT2D eigenvalue weighted by Gasteiger charge is -2.10. The van der Waals surface area contributed by atoms with Crippen molar-refractivity contribution in [3.05, 3.63) is 79.1 Å². The minimum absolute atomic E-state index is 0.322. The maximum Gasteiger partial charge on any atom is 0.146 e. The lowest BCUT2D eigenvalue weighted by molar-refractivity contribution is 0.632. The predicted octanol–water partition coefficient (Wildman–Crippen LogP) is 4.57. The average Bonchev–Trinajstić information content (AvgIpc) is 2.64. The standard InChI is InChI=1S/C19H13FN4/c20-16-3-1-2-4-17(16)24-19-15-6-5-14(11-18(15)22-12-23-19)13-7-9-21-10-8-13/h1-12H,(H,22,23,24). The molecule has 0 saturated heterocycles. The van der Waals surface area contributed by atoms with Crippen molar-refractivity contribution in [2.24, 2.45) is 0 Å². The van der Waals surface area contributed by atoms with Crippen LogP contribution in [0.1, 0.15) is 0 Å². The summed E-state index contributed by atoms with van der Waals surface area (Å²) >= 11 is 0. The first-order valence-corrected chi connectivity index (χ1v) is 7.48. The van der Waals surface area contributed by atoms with Gasteiger partial charge in [0.25, 0.3) is 0 Å². The molecule has 1 N–H and O–H groups in total. The van der Waals surface area contributed by atoms with E-state index in [1.165, 1.54) is 12.4 Å². The zero-order valence-electron chi connectivity index (χ0n) is 12.6. The minimum atomic E-state index is -0.322. The zero-order chi connectivity index (χ0) is 16.4. The van der Waals surface area contributed by atoms with E-state index in [9.17, 15) is 4.39 Å². The topological polar surface area (TPSA) is 50.7 Å². The molecule has 2 aromatic carbocycles. The largest absolute Gasteiger partial charge is 0.337 e. The Morgan fingerprint density at radius 2 is 1.67 bits per heavy atom. The molecule has 0 unspecified atom stereocenters. The van der Waals surface area contributed by atoms with E-state index in [2.05, 4.69) is 20.3 Å². The molecule has 5 heteroatoms. The molecule has 24 heavy (non-hydrogen) atoms. The molecule has 4 aromatic rings. The molecule has 0 saturated carbocycles.